The van der Waals surface area contributed by atoms with Crippen LogP contribution in [0.4, 0.5) is 4.79 Å². The molecule has 0 aromatic carbocycles. The summed E-state index contributed by atoms with van der Waals surface area (Å²) in [4.78, 5) is 32.2. The second-order valence-electron chi connectivity index (χ2n) is 3.41. The molecule has 5 N–H and O–H groups in total. The highest BCUT2D eigenvalue weighted by Crippen LogP contribution is 2.01. The molecule has 1 aliphatic heterocycles. The number of sulfonamides is 1. The van der Waals surface area contributed by atoms with Gasteiger partial charge in [0.2, 0.25) is 15.9 Å². The number of hydrogen-bond donors (Lipinski definition) is 4. The maximum atomic E-state index is 11.3. The standard InChI is InChI=1S/C7H12N4O5S/c8-5(12)3-9-17(15,16)2-1-4-6(13)11-7(14)10-4/h4,9H,1-3H2,(H2,8,12)(H2,10,11,13,14)/t4-/m0/s1. The van der Waals surface area contributed by atoms with E-state index in [2.05, 4.69) is 5.32 Å². The Morgan fingerprint density at radius 1 is 1.41 bits per heavy atom. The topological polar surface area (TPSA) is 147 Å². The van der Waals surface area contributed by atoms with Crippen molar-refractivity contribution < 1.29 is 22.8 Å². The van der Waals surface area contributed by atoms with Gasteiger partial charge < -0.3 is 11.1 Å². The maximum Gasteiger partial charge on any atom is 0.322 e. The lowest BCUT2D eigenvalue weighted by molar-refractivity contribution is -0.120. The average molecular weight is 264 g/mol. The van der Waals surface area contributed by atoms with E-state index in [4.69, 9.17) is 5.73 Å². The van der Waals surface area contributed by atoms with E-state index in [0.717, 1.165) is 0 Å². The molecule has 4 amide bonds. The number of imide groups is 1. The van der Waals surface area contributed by atoms with E-state index in [1.54, 1.807) is 0 Å². The first-order valence-electron chi connectivity index (χ1n) is 4.67. The number of rotatable bonds is 6. The van der Waals surface area contributed by atoms with Crippen LogP contribution < -0.4 is 21.1 Å². The fraction of sp³-hybridized carbons (Fsp3) is 0.571. The minimum atomic E-state index is -3.69. The Morgan fingerprint density at radius 3 is 2.53 bits per heavy atom. The smallest absolute Gasteiger partial charge is 0.322 e. The van der Waals surface area contributed by atoms with E-state index < -0.39 is 46.2 Å². The average Bonchev–Trinajstić information content (AvgIpc) is 2.52. The van der Waals surface area contributed by atoms with Crippen molar-refractivity contribution in [3.05, 3.63) is 0 Å². The molecule has 0 aromatic rings. The highest BCUT2D eigenvalue weighted by molar-refractivity contribution is 7.89. The van der Waals surface area contributed by atoms with Crippen molar-refractivity contribution in [1.82, 2.24) is 15.4 Å². The third kappa shape index (κ3) is 4.36. The fourth-order valence-corrected chi connectivity index (χ4v) is 2.24. The Morgan fingerprint density at radius 2 is 2.06 bits per heavy atom. The number of primary amides is 1. The quantitative estimate of drug-likeness (QED) is 0.377. The number of carbonyl (C=O) groups is 3. The minimum Gasteiger partial charge on any atom is -0.369 e. The molecule has 1 saturated heterocycles. The molecule has 0 saturated carbocycles. The van der Waals surface area contributed by atoms with Gasteiger partial charge in [-0.1, -0.05) is 0 Å². The molecule has 0 unspecified atom stereocenters. The van der Waals surface area contributed by atoms with Crippen LogP contribution in [0.5, 0.6) is 0 Å². The van der Waals surface area contributed by atoms with E-state index in [1.807, 2.05) is 10.0 Å². The van der Waals surface area contributed by atoms with Crippen molar-refractivity contribution in [2.24, 2.45) is 5.73 Å². The maximum absolute atomic E-state index is 11.3. The SMILES string of the molecule is NC(=O)CNS(=O)(=O)CC[C@@H]1NC(=O)NC1=O. The molecule has 0 aromatic heterocycles. The van der Waals surface area contributed by atoms with Crippen molar-refractivity contribution in [2.75, 3.05) is 12.3 Å². The van der Waals surface area contributed by atoms with Crippen LogP contribution in [0, 0.1) is 0 Å². The van der Waals surface area contributed by atoms with Gasteiger partial charge in [-0.2, -0.15) is 0 Å². The molecule has 10 heteroatoms. The zero-order valence-corrected chi connectivity index (χ0v) is 9.54. The Kier molecular flexibility index (Phi) is 4.02. The van der Waals surface area contributed by atoms with E-state index in [-0.39, 0.29) is 6.42 Å². The summed E-state index contributed by atoms with van der Waals surface area (Å²) < 4.78 is 24.6. The Balaban J connectivity index is 2.42. The Labute approximate surface area is 97.2 Å². The molecule has 1 rings (SSSR count). The number of carbonyl (C=O) groups excluding carboxylic acids is 3. The van der Waals surface area contributed by atoms with Crippen molar-refractivity contribution in [1.29, 1.82) is 0 Å². The number of hydrogen-bond acceptors (Lipinski definition) is 5. The second kappa shape index (κ2) is 5.10. The third-order valence-electron chi connectivity index (χ3n) is 2.00. The molecule has 9 nitrogen and oxygen atoms in total. The predicted octanol–water partition coefficient (Wildman–Crippen LogP) is -3.01. The first-order chi connectivity index (χ1) is 7.80. The molecule has 0 bridgehead atoms. The molecule has 96 valence electrons. The zero-order chi connectivity index (χ0) is 13.1. The van der Waals surface area contributed by atoms with Crippen molar-refractivity contribution in [2.45, 2.75) is 12.5 Å². The largest absolute Gasteiger partial charge is 0.369 e. The summed E-state index contributed by atoms with van der Waals surface area (Å²) in [6.07, 6.45) is -0.0777. The van der Waals surface area contributed by atoms with Crippen molar-refractivity contribution >= 4 is 27.9 Å². The summed E-state index contributed by atoms with van der Waals surface area (Å²) in [5.41, 5.74) is 4.77. The summed E-state index contributed by atoms with van der Waals surface area (Å²) >= 11 is 0. The molecular weight excluding hydrogens is 252 g/mol. The Hall–Kier alpha value is -1.68. The first-order valence-corrected chi connectivity index (χ1v) is 6.32. The van der Waals surface area contributed by atoms with E-state index in [9.17, 15) is 22.8 Å². The van der Waals surface area contributed by atoms with Crippen LogP contribution in [0.3, 0.4) is 0 Å². The van der Waals surface area contributed by atoms with Crippen molar-refractivity contribution in [3.63, 3.8) is 0 Å². The van der Waals surface area contributed by atoms with Gasteiger partial charge in [0, 0.05) is 0 Å². The Bertz CT molecular complexity index is 445. The molecular formula is C7H12N4O5S. The van der Waals surface area contributed by atoms with Gasteiger partial charge in [-0.25, -0.2) is 17.9 Å². The highest BCUT2D eigenvalue weighted by atomic mass is 32.2. The summed E-state index contributed by atoms with van der Waals surface area (Å²) in [5, 5.41) is 4.23. The number of nitrogens with one attached hydrogen (secondary N) is 3. The second-order valence-corrected chi connectivity index (χ2v) is 5.34. The number of nitrogens with two attached hydrogens (primary N) is 1. The molecule has 1 aliphatic rings. The van der Waals surface area contributed by atoms with Gasteiger partial charge in [0.25, 0.3) is 5.91 Å². The molecule has 1 fully saturated rings. The third-order valence-corrected chi connectivity index (χ3v) is 3.36. The van der Waals surface area contributed by atoms with Crippen LogP contribution in [0.1, 0.15) is 6.42 Å². The molecule has 17 heavy (non-hydrogen) atoms. The normalized spacial score (nSPS) is 19.9. The van der Waals surface area contributed by atoms with Crippen LogP contribution in [0.25, 0.3) is 0 Å². The lowest BCUT2D eigenvalue weighted by atomic mass is 10.2. The minimum absolute atomic E-state index is 0.0777. The summed E-state index contributed by atoms with van der Waals surface area (Å²) in [5.74, 6) is -1.76. The molecule has 1 heterocycles. The molecule has 0 radical (unpaired) electrons. The van der Waals surface area contributed by atoms with Gasteiger partial charge in [0.05, 0.1) is 12.3 Å². The number of amides is 4. The van der Waals surface area contributed by atoms with Crippen LogP contribution in [0.15, 0.2) is 0 Å². The molecule has 0 aliphatic carbocycles. The van der Waals surface area contributed by atoms with Gasteiger partial charge >= 0.3 is 6.03 Å². The van der Waals surface area contributed by atoms with Crippen LogP contribution in [0.2, 0.25) is 0 Å². The lowest BCUT2D eigenvalue weighted by Crippen LogP contribution is -2.37. The van der Waals surface area contributed by atoms with Crippen LogP contribution in [-0.4, -0.2) is 44.6 Å². The first kappa shape index (κ1) is 13.4. The zero-order valence-electron chi connectivity index (χ0n) is 8.73. The van der Waals surface area contributed by atoms with Gasteiger partial charge in [-0.05, 0) is 6.42 Å². The fourth-order valence-electron chi connectivity index (χ4n) is 1.19. The summed E-state index contributed by atoms with van der Waals surface area (Å²) in [6.45, 7) is -0.494. The van der Waals surface area contributed by atoms with Gasteiger partial charge in [-0.15, -0.1) is 0 Å². The monoisotopic (exact) mass is 264 g/mol. The molecule has 1 atom stereocenters. The predicted molar refractivity (Wildman–Crippen MR) is 56.1 cm³/mol. The van der Waals surface area contributed by atoms with Gasteiger partial charge in [0.15, 0.2) is 0 Å². The molecule has 0 spiro atoms. The van der Waals surface area contributed by atoms with Crippen molar-refractivity contribution in [3.8, 4) is 0 Å². The van der Waals surface area contributed by atoms with E-state index in [1.165, 1.54) is 0 Å². The summed E-state index contributed by atoms with van der Waals surface area (Å²) in [7, 11) is -3.69. The summed E-state index contributed by atoms with van der Waals surface area (Å²) in [6, 6.07) is -1.52. The van der Waals surface area contributed by atoms with E-state index >= 15 is 0 Å². The van der Waals surface area contributed by atoms with Crippen LogP contribution >= 0.6 is 0 Å². The van der Waals surface area contributed by atoms with E-state index in [0.29, 0.717) is 0 Å². The van der Waals surface area contributed by atoms with Gasteiger partial charge in [0.1, 0.15) is 6.04 Å². The number of urea groups is 1. The van der Waals surface area contributed by atoms with Crippen LogP contribution in [-0.2, 0) is 19.6 Å². The lowest BCUT2D eigenvalue weighted by Gasteiger charge is -2.08. The van der Waals surface area contributed by atoms with Gasteiger partial charge in [-0.3, -0.25) is 14.9 Å². The highest BCUT2D eigenvalue weighted by Gasteiger charge is 2.30.